The molecule has 180 valence electrons. The third-order valence-electron chi connectivity index (χ3n) is 7.28. The molecule has 7 nitrogen and oxygen atoms in total. The molecule has 1 amide bonds. The highest BCUT2D eigenvalue weighted by Crippen LogP contribution is 2.36. The van der Waals surface area contributed by atoms with E-state index in [9.17, 15) is 14.9 Å². The van der Waals surface area contributed by atoms with Crippen molar-refractivity contribution >= 4 is 11.6 Å². The van der Waals surface area contributed by atoms with Gasteiger partial charge >= 0.3 is 0 Å². The number of hydrogen-bond donors (Lipinski definition) is 0. The summed E-state index contributed by atoms with van der Waals surface area (Å²) in [5.74, 6) is 1.19. The second kappa shape index (κ2) is 9.88. The fourth-order valence-corrected chi connectivity index (χ4v) is 5.42. The first-order valence-electron chi connectivity index (χ1n) is 12.0. The van der Waals surface area contributed by atoms with Crippen molar-refractivity contribution in [3.05, 3.63) is 105 Å². The van der Waals surface area contributed by atoms with Crippen molar-refractivity contribution in [3.8, 4) is 5.75 Å². The molecule has 0 aliphatic carbocycles. The number of carbonyl (C=O) groups is 1. The largest absolute Gasteiger partial charge is 0.497 e. The Balaban J connectivity index is 1.37. The van der Waals surface area contributed by atoms with Crippen LogP contribution >= 0.6 is 0 Å². The van der Waals surface area contributed by atoms with E-state index >= 15 is 0 Å². The summed E-state index contributed by atoms with van der Waals surface area (Å²) >= 11 is 0. The van der Waals surface area contributed by atoms with Gasteiger partial charge in [0.2, 0.25) is 0 Å². The van der Waals surface area contributed by atoms with Gasteiger partial charge in [-0.05, 0) is 53.3 Å². The van der Waals surface area contributed by atoms with Gasteiger partial charge in [0, 0.05) is 56.3 Å². The molecule has 2 aliphatic heterocycles. The molecule has 35 heavy (non-hydrogen) atoms. The van der Waals surface area contributed by atoms with Gasteiger partial charge in [0.05, 0.1) is 12.0 Å². The van der Waals surface area contributed by atoms with Crippen LogP contribution in [-0.4, -0.2) is 53.9 Å². The van der Waals surface area contributed by atoms with Crippen molar-refractivity contribution in [3.63, 3.8) is 0 Å². The maximum Gasteiger partial charge on any atom is 0.269 e. The van der Waals surface area contributed by atoms with Gasteiger partial charge in [0.15, 0.2) is 0 Å². The van der Waals surface area contributed by atoms with Crippen molar-refractivity contribution < 1.29 is 14.5 Å². The van der Waals surface area contributed by atoms with Gasteiger partial charge in [-0.1, -0.05) is 36.4 Å². The van der Waals surface area contributed by atoms with Crippen molar-refractivity contribution in [1.82, 2.24) is 9.80 Å². The maximum absolute atomic E-state index is 13.3. The Labute approximate surface area is 205 Å². The normalized spacial score (nSPS) is 19.9. The van der Waals surface area contributed by atoms with Crippen LogP contribution in [0.25, 0.3) is 0 Å². The summed E-state index contributed by atoms with van der Waals surface area (Å²) in [6.45, 7) is 4.09. The third-order valence-corrected chi connectivity index (χ3v) is 7.28. The molecule has 0 radical (unpaired) electrons. The molecule has 0 unspecified atom stereocenters. The highest BCUT2D eigenvalue weighted by molar-refractivity contribution is 5.94. The molecule has 3 aromatic carbocycles. The quantitative estimate of drug-likeness (QED) is 0.390. The lowest BCUT2D eigenvalue weighted by atomic mass is 9.87. The van der Waals surface area contributed by atoms with Crippen LogP contribution in [0, 0.1) is 16.0 Å². The van der Waals surface area contributed by atoms with E-state index in [1.54, 1.807) is 19.2 Å². The van der Waals surface area contributed by atoms with Crippen LogP contribution in [0.2, 0.25) is 0 Å². The highest BCUT2D eigenvalue weighted by atomic mass is 16.6. The van der Waals surface area contributed by atoms with Gasteiger partial charge in [-0.2, -0.15) is 0 Å². The molecule has 2 heterocycles. The number of nitro benzene ring substituents is 1. The van der Waals surface area contributed by atoms with E-state index in [4.69, 9.17) is 4.74 Å². The van der Waals surface area contributed by atoms with Crippen LogP contribution in [0.4, 0.5) is 5.69 Å². The molecule has 1 fully saturated rings. The molecule has 7 heteroatoms. The number of amides is 1. The Kier molecular flexibility index (Phi) is 6.51. The molecule has 5 rings (SSSR count). The number of rotatable bonds is 6. The molecule has 0 N–H and O–H groups in total. The Morgan fingerprint density at radius 1 is 1.03 bits per heavy atom. The Morgan fingerprint density at radius 2 is 1.80 bits per heavy atom. The lowest BCUT2D eigenvalue weighted by Crippen LogP contribution is -2.37. The molecular weight excluding hydrogens is 442 g/mol. The minimum Gasteiger partial charge on any atom is -0.497 e. The van der Waals surface area contributed by atoms with Crippen LogP contribution in [0.1, 0.15) is 33.0 Å². The lowest BCUT2D eigenvalue weighted by Gasteiger charge is -2.32. The zero-order valence-corrected chi connectivity index (χ0v) is 19.8. The lowest BCUT2D eigenvalue weighted by molar-refractivity contribution is -0.384. The summed E-state index contributed by atoms with van der Waals surface area (Å²) < 4.78 is 5.47. The first-order valence-corrected chi connectivity index (χ1v) is 12.0. The van der Waals surface area contributed by atoms with E-state index in [2.05, 4.69) is 41.3 Å². The average Bonchev–Trinajstić information content (AvgIpc) is 3.32. The van der Waals surface area contributed by atoms with Gasteiger partial charge in [0.25, 0.3) is 11.6 Å². The molecule has 1 saturated heterocycles. The summed E-state index contributed by atoms with van der Waals surface area (Å²) in [6, 6.07) is 22.6. The number of benzene rings is 3. The van der Waals surface area contributed by atoms with Crippen LogP contribution in [-0.2, 0) is 13.0 Å². The number of ether oxygens (including phenoxy) is 1. The number of non-ortho nitro benzene ring substituents is 1. The fraction of sp³-hybridized carbons (Fsp3) is 0.321. The fourth-order valence-electron chi connectivity index (χ4n) is 5.42. The number of hydrogen-bond acceptors (Lipinski definition) is 5. The monoisotopic (exact) mass is 471 g/mol. The van der Waals surface area contributed by atoms with Crippen molar-refractivity contribution in [2.75, 3.05) is 33.3 Å². The molecule has 0 saturated carbocycles. The molecule has 0 aromatic heterocycles. The zero-order valence-electron chi connectivity index (χ0n) is 19.8. The molecule has 3 aromatic rings. The number of carbonyl (C=O) groups excluding carboxylic acids is 1. The molecule has 2 atom stereocenters. The van der Waals surface area contributed by atoms with Crippen LogP contribution in [0.15, 0.2) is 72.8 Å². The Hall–Kier alpha value is -3.71. The van der Waals surface area contributed by atoms with Crippen molar-refractivity contribution in [1.29, 1.82) is 0 Å². The maximum atomic E-state index is 13.3. The first kappa shape index (κ1) is 23.1. The molecular formula is C28H29N3O4. The summed E-state index contributed by atoms with van der Waals surface area (Å²) in [7, 11) is 1.67. The topological polar surface area (TPSA) is 75.9 Å². The summed E-state index contributed by atoms with van der Waals surface area (Å²) in [5.41, 5.74) is 4.45. The second-order valence-corrected chi connectivity index (χ2v) is 9.41. The third kappa shape index (κ3) is 4.91. The summed E-state index contributed by atoms with van der Waals surface area (Å²) in [4.78, 5) is 28.3. The Bertz CT molecular complexity index is 1230. The van der Waals surface area contributed by atoms with Crippen LogP contribution < -0.4 is 4.74 Å². The summed E-state index contributed by atoms with van der Waals surface area (Å²) in [5, 5.41) is 11.0. The van der Waals surface area contributed by atoms with Crippen LogP contribution in [0.3, 0.4) is 0 Å². The van der Waals surface area contributed by atoms with E-state index in [1.165, 1.54) is 28.8 Å². The molecule has 0 spiro atoms. The van der Waals surface area contributed by atoms with Gasteiger partial charge in [-0.3, -0.25) is 19.8 Å². The van der Waals surface area contributed by atoms with Crippen LogP contribution in [0.5, 0.6) is 5.75 Å². The van der Waals surface area contributed by atoms with Gasteiger partial charge in [-0.25, -0.2) is 0 Å². The van der Waals surface area contributed by atoms with Gasteiger partial charge in [-0.15, -0.1) is 0 Å². The van der Waals surface area contributed by atoms with E-state index in [1.807, 2.05) is 17.0 Å². The smallest absolute Gasteiger partial charge is 0.269 e. The summed E-state index contributed by atoms with van der Waals surface area (Å²) in [6.07, 6.45) is 1.04. The van der Waals surface area contributed by atoms with Crippen molar-refractivity contribution in [2.24, 2.45) is 5.92 Å². The van der Waals surface area contributed by atoms with Gasteiger partial charge in [0.1, 0.15) is 5.75 Å². The second-order valence-electron chi connectivity index (χ2n) is 9.41. The van der Waals surface area contributed by atoms with Gasteiger partial charge < -0.3 is 9.64 Å². The zero-order chi connectivity index (χ0) is 24.4. The number of methoxy groups -OCH3 is 1. The Morgan fingerprint density at radius 3 is 2.54 bits per heavy atom. The number of nitrogens with zero attached hydrogens (tertiary/aromatic N) is 3. The highest BCUT2D eigenvalue weighted by Gasteiger charge is 2.38. The number of likely N-dealkylation sites (tertiary alicyclic amines) is 1. The standard InChI is InChI=1S/C28H29N3O4/c1-35-26-8-4-7-22(15-26)27-19-30(28(32)21-9-11-25(12-10-21)31(33)34)18-24(27)17-29-14-13-20-5-2-3-6-23(20)16-29/h2-12,15,24,27H,13-14,16-19H2,1H3/t24-,27-/m0/s1. The number of nitro groups is 1. The predicted octanol–water partition coefficient (Wildman–Crippen LogP) is 4.52. The SMILES string of the molecule is COc1cccc([C@@H]2CN(C(=O)c3ccc([N+](=O)[O-])cc3)C[C@@H]2CN2CCc3ccccc3C2)c1. The number of fused-ring (bicyclic) bond motifs is 1. The molecule has 0 bridgehead atoms. The minimum atomic E-state index is -0.449. The first-order chi connectivity index (χ1) is 17.0. The predicted molar refractivity (Wildman–Crippen MR) is 134 cm³/mol. The van der Waals surface area contributed by atoms with E-state index in [-0.39, 0.29) is 23.4 Å². The van der Waals surface area contributed by atoms with Crippen molar-refractivity contribution in [2.45, 2.75) is 18.9 Å². The minimum absolute atomic E-state index is 0.0134. The van der Waals surface area contributed by atoms with E-state index in [0.29, 0.717) is 18.7 Å². The average molecular weight is 472 g/mol. The van der Waals surface area contributed by atoms with E-state index in [0.717, 1.165) is 31.8 Å². The molecule has 2 aliphatic rings. The van der Waals surface area contributed by atoms with E-state index < -0.39 is 4.92 Å².